The summed E-state index contributed by atoms with van der Waals surface area (Å²) in [4.78, 5) is 14.0. The molecule has 0 aliphatic carbocycles. The van der Waals surface area contributed by atoms with Crippen LogP contribution in [0.4, 0.5) is 79.0 Å². The predicted molar refractivity (Wildman–Crippen MR) is 304 cm³/mol. The van der Waals surface area contributed by atoms with Gasteiger partial charge in [-0.3, -0.25) is 0 Å². The lowest BCUT2D eigenvalue weighted by atomic mass is 10.1. The maximum Gasteiger partial charge on any atom is 0.416 e. The van der Waals surface area contributed by atoms with Gasteiger partial charge in [-0.15, -0.1) is 0 Å². The highest BCUT2D eigenvalue weighted by molar-refractivity contribution is 7.86. The normalized spacial score (nSPS) is 13.1. The number of halogens is 18. The first-order valence-electron chi connectivity index (χ1n) is 25.9. The standard InChI is InChI=1S/C63H36F18N3O3P3/c64-58(65,66)40-10-22-46(23-11-40)88(85,47-24-12-41(13-25-47)59(67,68)69)52-7-1-4-37(34-52)55-82-56(38-5-2-8-53(35-38)89(86,48-26-14-42(15-27-48)60(70,71)72)49-28-16-43(17-29-49)61(73,74)75)84-57(83-55)39-6-3-9-54(36-39)90(87,50-30-18-44(19-31-50)62(76,77)78)51-32-20-45(21-33-51)63(79,80)81/h1-36H. The molecule has 0 unspecified atom stereocenters. The van der Waals surface area contributed by atoms with Crippen LogP contribution in [0.3, 0.4) is 0 Å². The van der Waals surface area contributed by atoms with Crippen LogP contribution in [0.15, 0.2) is 218 Å². The Hall–Kier alpha value is -8.58. The number of hydrogen-bond donors (Lipinski definition) is 0. The molecule has 10 rings (SSSR count). The van der Waals surface area contributed by atoms with Gasteiger partial charge in [-0.2, -0.15) is 79.0 Å². The van der Waals surface area contributed by atoms with Crippen molar-refractivity contribution < 1.29 is 92.7 Å². The van der Waals surface area contributed by atoms with Crippen LogP contribution < -0.4 is 47.7 Å². The highest BCUT2D eigenvalue weighted by Gasteiger charge is 2.40. The Bertz CT molecular complexity index is 3800. The molecule has 0 amide bonds. The summed E-state index contributed by atoms with van der Waals surface area (Å²) in [5, 5.41) is -2.34. The van der Waals surface area contributed by atoms with Gasteiger partial charge in [-0.25, -0.2) is 15.0 Å². The number of hydrogen-bond acceptors (Lipinski definition) is 6. The third-order valence-electron chi connectivity index (χ3n) is 14.4. The molecule has 0 atom stereocenters. The van der Waals surface area contributed by atoms with Gasteiger partial charge < -0.3 is 13.7 Å². The molecule has 1 aromatic heterocycles. The van der Waals surface area contributed by atoms with Crippen LogP contribution in [0.1, 0.15) is 33.4 Å². The molecule has 0 N–H and O–H groups in total. The Morgan fingerprint density at radius 2 is 0.367 bits per heavy atom. The van der Waals surface area contributed by atoms with Crippen molar-refractivity contribution in [3.8, 4) is 34.2 Å². The number of benzene rings is 9. The lowest BCUT2D eigenvalue weighted by Gasteiger charge is -2.22. The first-order chi connectivity index (χ1) is 42.0. The summed E-state index contributed by atoms with van der Waals surface area (Å²) in [5.41, 5.74) is -7.27. The zero-order valence-corrected chi connectivity index (χ0v) is 47.7. The lowest BCUT2D eigenvalue weighted by Crippen LogP contribution is -2.26. The lowest BCUT2D eigenvalue weighted by molar-refractivity contribution is -0.138. The summed E-state index contributed by atoms with van der Waals surface area (Å²) < 4.78 is 297. The maximum absolute atomic E-state index is 15.8. The molecule has 10 aromatic rings. The van der Waals surface area contributed by atoms with E-state index in [1.165, 1.54) is 72.8 Å². The molecule has 6 nitrogen and oxygen atoms in total. The third kappa shape index (κ3) is 12.8. The monoisotopic (exact) mass is 1320 g/mol. The number of aromatic nitrogens is 3. The molecule has 0 fully saturated rings. The molecule has 0 saturated carbocycles. The van der Waals surface area contributed by atoms with Crippen LogP contribution in [0, 0.1) is 0 Å². The summed E-state index contributed by atoms with van der Waals surface area (Å²) in [6, 6.07) is 33.3. The van der Waals surface area contributed by atoms with Crippen LogP contribution in [0.2, 0.25) is 0 Å². The second kappa shape index (κ2) is 23.3. The van der Waals surface area contributed by atoms with Gasteiger partial charge in [0, 0.05) is 64.4 Å². The van der Waals surface area contributed by atoms with Gasteiger partial charge in [-0.1, -0.05) is 127 Å². The first kappa shape index (κ1) is 64.4. The van der Waals surface area contributed by atoms with Crippen LogP contribution in [-0.4, -0.2) is 15.0 Å². The van der Waals surface area contributed by atoms with Crippen LogP contribution in [0.5, 0.6) is 0 Å². The van der Waals surface area contributed by atoms with E-state index in [0.29, 0.717) is 72.8 Å². The van der Waals surface area contributed by atoms with Gasteiger partial charge in [0.1, 0.15) is 0 Å². The van der Waals surface area contributed by atoms with Crippen molar-refractivity contribution in [1.29, 1.82) is 0 Å². The summed E-state index contributed by atoms with van der Waals surface area (Å²) in [6.07, 6.45) is -29.3. The summed E-state index contributed by atoms with van der Waals surface area (Å²) in [5.74, 6) is -1.12. The van der Waals surface area contributed by atoms with Crippen LogP contribution in [-0.2, 0) is 50.8 Å². The van der Waals surface area contributed by atoms with Crippen molar-refractivity contribution in [2.45, 2.75) is 37.1 Å². The molecule has 0 spiro atoms. The average molecular weight is 1320 g/mol. The van der Waals surface area contributed by atoms with E-state index in [2.05, 4.69) is 15.0 Å². The van der Waals surface area contributed by atoms with E-state index in [4.69, 9.17) is 0 Å². The fourth-order valence-electron chi connectivity index (χ4n) is 9.79. The second-order valence-electron chi connectivity index (χ2n) is 20.1. The molecule has 1 heterocycles. The van der Waals surface area contributed by atoms with Crippen molar-refractivity contribution in [2.24, 2.45) is 0 Å². The maximum atomic E-state index is 15.8. The Morgan fingerprint density at radius 3 is 0.511 bits per heavy atom. The molecule has 0 bridgehead atoms. The van der Waals surface area contributed by atoms with Crippen molar-refractivity contribution in [3.63, 3.8) is 0 Å². The summed E-state index contributed by atoms with van der Waals surface area (Å²) in [7, 11) is -13.6. The number of nitrogens with zero attached hydrogens (tertiary/aromatic N) is 3. The van der Waals surface area contributed by atoms with E-state index in [1.54, 1.807) is 0 Å². The Kier molecular flexibility index (Phi) is 16.7. The van der Waals surface area contributed by atoms with Gasteiger partial charge in [0.15, 0.2) is 38.9 Å². The minimum absolute atomic E-state index is 0.0934. The van der Waals surface area contributed by atoms with E-state index in [1.807, 2.05) is 0 Å². The molecule has 90 heavy (non-hydrogen) atoms. The summed E-state index contributed by atoms with van der Waals surface area (Å²) >= 11 is 0. The molecule has 0 aliphatic heterocycles. The average Bonchev–Trinajstić information content (AvgIpc) is 0.779. The molecular formula is C63H36F18N3O3P3. The fraction of sp³-hybridized carbons (Fsp3) is 0.0952. The third-order valence-corrected chi connectivity index (χ3v) is 23.6. The number of alkyl halides is 18. The quantitative estimate of drug-likeness (QED) is 0.0894. The first-order valence-corrected chi connectivity index (χ1v) is 31.1. The van der Waals surface area contributed by atoms with Gasteiger partial charge >= 0.3 is 37.1 Å². The van der Waals surface area contributed by atoms with Crippen LogP contribution >= 0.6 is 21.4 Å². The van der Waals surface area contributed by atoms with Crippen molar-refractivity contribution in [2.75, 3.05) is 0 Å². The SMILES string of the molecule is O=P(c1ccc(C(F)(F)F)cc1)(c1ccc(C(F)(F)F)cc1)c1cccc(-c2nc(-c3cccc(P(=O)(c4ccc(C(F)(F)F)cc4)c4ccc(C(F)(F)F)cc4)c3)nc(-c3cccc(P(=O)(c4ccc(C(F)(F)F)cc4)c4ccc(C(F)(F)F)cc4)c3)n2)c1. The Balaban J connectivity index is 1.20. The van der Waals surface area contributed by atoms with Gasteiger partial charge in [0.25, 0.3) is 0 Å². The minimum Gasteiger partial charge on any atom is -0.309 e. The van der Waals surface area contributed by atoms with Crippen LogP contribution in [0.25, 0.3) is 34.2 Å². The van der Waals surface area contributed by atoms with E-state index in [0.717, 1.165) is 72.8 Å². The molecule has 0 aliphatic rings. The minimum atomic E-state index is -4.88. The molecule has 27 heteroatoms. The highest BCUT2D eigenvalue weighted by Crippen LogP contribution is 2.48. The van der Waals surface area contributed by atoms with E-state index in [-0.39, 0.29) is 81.9 Å². The van der Waals surface area contributed by atoms with Gasteiger partial charge in [0.2, 0.25) is 0 Å². The fourth-order valence-corrected chi connectivity index (χ4v) is 17.7. The Morgan fingerprint density at radius 1 is 0.211 bits per heavy atom. The molecule has 462 valence electrons. The molecule has 0 saturated heterocycles. The summed E-state index contributed by atoms with van der Waals surface area (Å²) in [6.45, 7) is 0. The second-order valence-corrected chi connectivity index (χ2v) is 28.4. The van der Waals surface area contributed by atoms with E-state index >= 15 is 13.7 Å². The zero-order valence-electron chi connectivity index (χ0n) is 45.0. The Labute approximate surface area is 498 Å². The molecular weight excluding hydrogens is 1280 g/mol. The van der Waals surface area contributed by atoms with Gasteiger partial charge in [-0.05, 0) is 91.0 Å². The van der Waals surface area contributed by atoms with Crippen molar-refractivity contribution in [3.05, 3.63) is 252 Å². The van der Waals surface area contributed by atoms with E-state index in [9.17, 15) is 79.0 Å². The van der Waals surface area contributed by atoms with Gasteiger partial charge in [0.05, 0.1) is 33.4 Å². The highest BCUT2D eigenvalue weighted by atomic mass is 31.2. The van der Waals surface area contributed by atoms with Crippen molar-refractivity contribution in [1.82, 2.24) is 15.0 Å². The molecule has 0 radical (unpaired) electrons. The predicted octanol–water partition coefficient (Wildman–Crippen LogP) is 15.9. The smallest absolute Gasteiger partial charge is 0.309 e. The topological polar surface area (TPSA) is 89.9 Å². The van der Waals surface area contributed by atoms with E-state index < -0.39 is 91.9 Å². The zero-order chi connectivity index (χ0) is 65.2. The largest absolute Gasteiger partial charge is 0.416 e. The van der Waals surface area contributed by atoms with Crippen molar-refractivity contribution >= 4 is 69.2 Å². The number of rotatable bonds is 12. The molecule has 9 aromatic carbocycles.